The summed E-state index contributed by atoms with van der Waals surface area (Å²) in [6.45, 7) is 0. The Kier molecular flexibility index (Phi) is 4.53. The van der Waals surface area contributed by atoms with Crippen molar-refractivity contribution in [2.75, 3.05) is 0 Å². The van der Waals surface area contributed by atoms with Crippen LogP contribution in [0.3, 0.4) is 0 Å². The Hall–Kier alpha value is -0.0200. The van der Waals surface area contributed by atoms with Crippen molar-refractivity contribution in [3.05, 3.63) is 57.0 Å². The van der Waals surface area contributed by atoms with Gasteiger partial charge in [-0.3, -0.25) is 0 Å². The summed E-state index contributed by atoms with van der Waals surface area (Å²) in [4.78, 5) is -0.556. The molecule has 0 spiro atoms. The van der Waals surface area contributed by atoms with Crippen LogP contribution in [0.4, 0.5) is 0 Å². The van der Waals surface area contributed by atoms with Crippen molar-refractivity contribution >= 4 is 55.1 Å². The topological polar surface area (TPSA) is 0 Å². The molecule has 17 heavy (non-hydrogen) atoms. The highest BCUT2D eigenvalue weighted by molar-refractivity contribution is 9.10. The maximum absolute atomic E-state index is 6.03. The molecule has 2 aromatic carbocycles. The summed E-state index contributed by atoms with van der Waals surface area (Å²) < 4.78 is 1.95. The molecule has 0 nitrogen and oxygen atoms in total. The van der Waals surface area contributed by atoms with E-state index >= 15 is 0 Å². The first-order valence-electron chi connectivity index (χ1n) is 4.92. The minimum absolute atomic E-state index is 0.556. The lowest BCUT2D eigenvalue weighted by atomic mass is 10.0. The summed E-state index contributed by atoms with van der Waals surface area (Å²) in [6, 6.07) is 14.0. The van der Waals surface area contributed by atoms with Crippen LogP contribution in [0.2, 0.25) is 0 Å². The van der Waals surface area contributed by atoms with Gasteiger partial charge in [0.05, 0.1) is 0 Å². The Balaban J connectivity index is 2.63. The highest BCUT2D eigenvalue weighted by Gasteiger charge is 2.14. The normalized spacial score (nSPS) is 10.9. The molecule has 0 aromatic heterocycles. The van der Waals surface area contributed by atoms with Crippen LogP contribution in [0.5, 0.6) is 0 Å². The molecular weight excluding hydrogens is 387 g/mol. The zero-order chi connectivity index (χ0) is 12.4. The van der Waals surface area contributed by atoms with Gasteiger partial charge in [0.2, 0.25) is 0 Å². The van der Waals surface area contributed by atoms with Crippen molar-refractivity contribution in [3.8, 4) is 11.1 Å². The van der Waals surface area contributed by atoms with Gasteiger partial charge in [0.1, 0.15) is 4.84 Å². The van der Waals surface area contributed by atoms with Gasteiger partial charge in [-0.05, 0) is 29.3 Å². The van der Waals surface area contributed by atoms with Crippen LogP contribution in [0.15, 0.2) is 51.4 Å². The highest BCUT2D eigenvalue weighted by Crippen LogP contribution is 2.39. The average molecular weight is 395 g/mol. The molecule has 88 valence electrons. The quantitative estimate of drug-likeness (QED) is 0.520. The van der Waals surface area contributed by atoms with E-state index in [-0.39, 0.29) is 0 Å². The van der Waals surface area contributed by atoms with Gasteiger partial charge in [-0.1, -0.05) is 79.3 Å². The van der Waals surface area contributed by atoms with Gasteiger partial charge in [-0.15, -0.1) is 0 Å². The predicted molar refractivity (Wildman–Crippen MR) is 81.7 cm³/mol. The van der Waals surface area contributed by atoms with Crippen LogP contribution in [-0.2, 0) is 0 Å². The number of hydrogen-bond acceptors (Lipinski definition) is 0. The van der Waals surface area contributed by atoms with Gasteiger partial charge in [0, 0.05) is 14.5 Å². The molecule has 4 heteroatoms. The molecule has 0 saturated heterocycles. The van der Waals surface area contributed by atoms with E-state index in [0.717, 1.165) is 25.6 Å². The summed E-state index contributed by atoms with van der Waals surface area (Å²) in [6.07, 6.45) is 0. The van der Waals surface area contributed by atoms with E-state index in [4.69, 9.17) is 23.2 Å². The molecule has 0 bridgehead atoms. The summed E-state index contributed by atoms with van der Waals surface area (Å²) in [5, 5.41) is 0. The third kappa shape index (κ3) is 3.05. The molecule has 0 fully saturated rings. The largest absolute Gasteiger partial charge is 0.134 e. The first-order chi connectivity index (χ1) is 8.09. The Bertz CT molecular complexity index is 539. The Morgan fingerprint density at radius 1 is 0.941 bits per heavy atom. The molecule has 0 aliphatic carbocycles. The lowest BCUT2D eigenvalue weighted by Gasteiger charge is -2.12. The first kappa shape index (κ1) is 13.4. The fourth-order valence-electron chi connectivity index (χ4n) is 1.67. The predicted octanol–water partition coefficient (Wildman–Crippen LogP) is 6.35. The van der Waals surface area contributed by atoms with E-state index in [0.29, 0.717) is 0 Å². The molecule has 0 atom stereocenters. The van der Waals surface area contributed by atoms with Crippen LogP contribution in [0, 0.1) is 0 Å². The molecule has 2 rings (SSSR count). The van der Waals surface area contributed by atoms with Gasteiger partial charge in [-0.2, -0.15) is 0 Å². The molecule has 0 amide bonds. The zero-order valence-electron chi connectivity index (χ0n) is 8.63. The Labute approximate surface area is 127 Å². The van der Waals surface area contributed by atoms with Crippen LogP contribution in [0.25, 0.3) is 11.1 Å². The maximum atomic E-state index is 6.03. The van der Waals surface area contributed by atoms with Gasteiger partial charge in [0.25, 0.3) is 0 Å². The van der Waals surface area contributed by atoms with E-state index in [1.54, 1.807) is 0 Å². The molecule has 0 aliphatic heterocycles. The SMILES string of the molecule is ClC(Cl)c1c(Br)cccc1-c1cccc(Br)c1. The van der Waals surface area contributed by atoms with Gasteiger partial charge in [-0.25, -0.2) is 0 Å². The molecule has 2 aromatic rings. The van der Waals surface area contributed by atoms with E-state index in [1.165, 1.54) is 0 Å². The van der Waals surface area contributed by atoms with E-state index < -0.39 is 4.84 Å². The molecule has 0 N–H and O–H groups in total. The molecular formula is C13H8Br2Cl2. The highest BCUT2D eigenvalue weighted by atomic mass is 79.9. The third-order valence-corrected chi connectivity index (χ3v) is 4.03. The summed E-state index contributed by atoms with van der Waals surface area (Å²) in [5.41, 5.74) is 3.02. The number of rotatable bonds is 2. The average Bonchev–Trinajstić information content (AvgIpc) is 2.28. The van der Waals surface area contributed by atoms with Crippen molar-refractivity contribution < 1.29 is 0 Å². The molecule has 0 saturated carbocycles. The minimum atomic E-state index is -0.556. The fraction of sp³-hybridized carbons (Fsp3) is 0.0769. The monoisotopic (exact) mass is 392 g/mol. The lowest BCUT2D eigenvalue weighted by Crippen LogP contribution is -1.90. The second-order valence-electron chi connectivity index (χ2n) is 3.51. The summed E-state index contributed by atoms with van der Waals surface area (Å²) in [7, 11) is 0. The molecule has 0 heterocycles. The second-order valence-corrected chi connectivity index (χ2v) is 6.38. The first-order valence-corrected chi connectivity index (χ1v) is 7.38. The summed E-state index contributed by atoms with van der Waals surface area (Å²) in [5.74, 6) is 0. The van der Waals surface area contributed by atoms with E-state index in [1.807, 2.05) is 42.5 Å². The maximum Gasteiger partial charge on any atom is 0.134 e. The summed E-state index contributed by atoms with van der Waals surface area (Å²) >= 11 is 19.0. The Morgan fingerprint density at radius 3 is 2.29 bits per heavy atom. The number of hydrogen-bond donors (Lipinski definition) is 0. The van der Waals surface area contributed by atoms with Gasteiger partial charge in [0.15, 0.2) is 0 Å². The Morgan fingerprint density at radius 2 is 1.65 bits per heavy atom. The van der Waals surface area contributed by atoms with E-state index in [9.17, 15) is 0 Å². The molecule has 0 aliphatic rings. The number of halogens is 4. The van der Waals surface area contributed by atoms with Gasteiger partial charge >= 0.3 is 0 Å². The minimum Gasteiger partial charge on any atom is -0.1000 e. The van der Waals surface area contributed by atoms with Crippen LogP contribution < -0.4 is 0 Å². The van der Waals surface area contributed by atoms with Crippen LogP contribution in [0.1, 0.15) is 10.4 Å². The van der Waals surface area contributed by atoms with Crippen LogP contribution >= 0.6 is 55.1 Å². The number of benzene rings is 2. The van der Waals surface area contributed by atoms with Crippen molar-refractivity contribution in [3.63, 3.8) is 0 Å². The number of alkyl halides is 2. The molecule has 0 radical (unpaired) electrons. The fourth-order valence-corrected chi connectivity index (χ4v) is 3.39. The third-order valence-electron chi connectivity index (χ3n) is 2.41. The van der Waals surface area contributed by atoms with E-state index in [2.05, 4.69) is 31.9 Å². The van der Waals surface area contributed by atoms with Crippen molar-refractivity contribution in [2.45, 2.75) is 4.84 Å². The lowest BCUT2D eigenvalue weighted by molar-refractivity contribution is 1.32. The van der Waals surface area contributed by atoms with Crippen LogP contribution in [-0.4, -0.2) is 0 Å². The molecule has 0 unspecified atom stereocenters. The zero-order valence-corrected chi connectivity index (χ0v) is 13.3. The van der Waals surface area contributed by atoms with Gasteiger partial charge < -0.3 is 0 Å². The second kappa shape index (κ2) is 5.75. The standard InChI is InChI=1S/C13H8Br2Cl2/c14-9-4-1-3-8(7-9)10-5-2-6-11(15)12(10)13(16)17/h1-7,13H. The van der Waals surface area contributed by atoms with Crippen molar-refractivity contribution in [1.82, 2.24) is 0 Å². The van der Waals surface area contributed by atoms with Crippen molar-refractivity contribution in [1.29, 1.82) is 0 Å². The van der Waals surface area contributed by atoms with Crippen molar-refractivity contribution in [2.24, 2.45) is 0 Å². The smallest absolute Gasteiger partial charge is 0.1000 e.